The van der Waals surface area contributed by atoms with Gasteiger partial charge in [-0.15, -0.1) is 0 Å². The van der Waals surface area contributed by atoms with Crippen LogP contribution in [0.25, 0.3) is 0 Å². The Balaban J connectivity index is 2.20. The van der Waals surface area contributed by atoms with E-state index in [0.29, 0.717) is 12.8 Å². The van der Waals surface area contributed by atoms with Gasteiger partial charge in [-0.2, -0.15) is 0 Å². The SMILES string of the molecule is NC1CCCCC2(C1)NC(=O)NC2=O. The van der Waals surface area contributed by atoms with Gasteiger partial charge in [-0.1, -0.05) is 12.8 Å². The lowest BCUT2D eigenvalue weighted by molar-refractivity contribution is -0.124. The first kappa shape index (κ1) is 9.45. The summed E-state index contributed by atoms with van der Waals surface area (Å²) in [5, 5.41) is 4.99. The largest absolute Gasteiger partial charge is 0.328 e. The van der Waals surface area contributed by atoms with E-state index >= 15 is 0 Å². The van der Waals surface area contributed by atoms with Crippen molar-refractivity contribution in [3.8, 4) is 0 Å². The Hall–Kier alpha value is -1.10. The lowest BCUT2D eigenvalue weighted by atomic mass is 9.89. The first-order chi connectivity index (χ1) is 6.62. The van der Waals surface area contributed by atoms with Crippen LogP contribution in [0, 0.1) is 0 Å². The van der Waals surface area contributed by atoms with Crippen molar-refractivity contribution in [2.45, 2.75) is 43.7 Å². The van der Waals surface area contributed by atoms with Gasteiger partial charge in [0.05, 0.1) is 0 Å². The Bertz CT molecular complexity index is 279. The quantitative estimate of drug-likeness (QED) is 0.472. The molecule has 14 heavy (non-hydrogen) atoms. The molecule has 1 aliphatic carbocycles. The number of carbonyl (C=O) groups excluding carboxylic acids is 2. The van der Waals surface area contributed by atoms with Gasteiger partial charge in [-0.3, -0.25) is 10.1 Å². The summed E-state index contributed by atoms with van der Waals surface area (Å²) in [5.41, 5.74) is 5.15. The molecule has 1 saturated carbocycles. The zero-order valence-electron chi connectivity index (χ0n) is 8.01. The topological polar surface area (TPSA) is 84.2 Å². The van der Waals surface area contributed by atoms with Crippen molar-refractivity contribution in [2.75, 3.05) is 0 Å². The summed E-state index contributed by atoms with van der Waals surface area (Å²) in [4.78, 5) is 22.7. The van der Waals surface area contributed by atoms with Gasteiger partial charge in [-0.25, -0.2) is 4.79 Å². The van der Waals surface area contributed by atoms with E-state index in [2.05, 4.69) is 10.6 Å². The number of carbonyl (C=O) groups is 2. The summed E-state index contributed by atoms with van der Waals surface area (Å²) >= 11 is 0. The van der Waals surface area contributed by atoms with Crippen LogP contribution in [0.5, 0.6) is 0 Å². The van der Waals surface area contributed by atoms with E-state index in [1.54, 1.807) is 0 Å². The number of rotatable bonds is 0. The van der Waals surface area contributed by atoms with E-state index < -0.39 is 5.54 Å². The Labute approximate surface area is 82.4 Å². The Morgan fingerprint density at radius 1 is 1.36 bits per heavy atom. The fourth-order valence-corrected chi connectivity index (χ4v) is 2.33. The number of urea groups is 1. The third-order valence-electron chi connectivity index (χ3n) is 3.05. The third kappa shape index (κ3) is 1.48. The maximum absolute atomic E-state index is 11.6. The molecule has 0 aromatic heterocycles. The molecule has 1 saturated heterocycles. The van der Waals surface area contributed by atoms with E-state index in [4.69, 9.17) is 5.73 Å². The summed E-state index contributed by atoms with van der Waals surface area (Å²) in [6.07, 6.45) is 4.18. The summed E-state index contributed by atoms with van der Waals surface area (Å²) in [7, 11) is 0. The standard InChI is InChI=1S/C9H15N3O2/c10-6-3-1-2-4-9(5-6)7(13)11-8(14)12-9/h6H,1-5,10H2,(H2,11,12,13,14). The van der Waals surface area contributed by atoms with Crippen molar-refractivity contribution in [3.05, 3.63) is 0 Å². The molecule has 2 fully saturated rings. The van der Waals surface area contributed by atoms with Crippen LogP contribution < -0.4 is 16.4 Å². The lowest BCUT2D eigenvalue weighted by Crippen LogP contribution is -2.49. The molecule has 0 bridgehead atoms. The smallest absolute Gasteiger partial charge is 0.322 e. The zero-order chi connectivity index (χ0) is 10.2. The summed E-state index contributed by atoms with van der Waals surface area (Å²) < 4.78 is 0. The van der Waals surface area contributed by atoms with E-state index in [1.807, 2.05) is 0 Å². The van der Waals surface area contributed by atoms with Crippen molar-refractivity contribution in [1.82, 2.24) is 10.6 Å². The molecule has 0 aromatic rings. The predicted octanol–water partition coefficient (Wildman–Crippen LogP) is -0.144. The molecule has 0 aromatic carbocycles. The van der Waals surface area contributed by atoms with Crippen LogP contribution in [-0.2, 0) is 4.79 Å². The van der Waals surface area contributed by atoms with Gasteiger partial charge in [0.1, 0.15) is 5.54 Å². The maximum Gasteiger partial charge on any atom is 0.322 e. The van der Waals surface area contributed by atoms with Crippen LogP contribution in [0.2, 0.25) is 0 Å². The minimum absolute atomic E-state index is 0.0154. The summed E-state index contributed by atoms with van der Waals surface area (Å²) in [6, 6.07) is -0.370. The average molecular weight is 197 g/mol. The molecule has 5 nitrogen and oxygen atoms in total. The zero-order valence-corrected chi connectivity index (χ0v) is 8.01. The Morgan fingerprint density at radius 2 is 2.14 bits per heavy atom. The van der Waals surface area contributed by atoms with Crippen LogP contribution >= 0.6 is 0 Å². The van der Waals surface area contributed by atoms with Gasteiger partial charge in [0.2, 0.25) is 0 Å². The average Bonchev–Trinajstić information content (AvgIpc) is 2.30. The van der Waals surface area contributed by atoms with Crippen molar-refractivity contribution >= 4 is 11.9 Å². The second-order valence-corrected chi connectivity index (χ2v) is 4.20. The molecule has 2 atom stereocenters. The number of nitrogens with one attached hydrogen (secondary N) is 2. The van der Waals surface area contributed by atoms with Crippen LogP contribution in [0.15, 0.2) is 0 Å². The van der Waals surface area contributed by atoms with Gasteiger partial charge < -0.3 is 11.1 Å². The third-order valence-corrected chi connectivity index (χ3v) is 3.05. The van der Waals surface area contributed by atoms with Crippen LogP contribution in [0.4, 0.5) is 4.79 Å². The minimum Gasteiger partial charge on any atom is -0.328 e. The molecular weight excluding hydrogens is 182 g/mol. The first-order valence-corrected chi connectivity index (χ1v) is 5.02. The number of hydrogen-bond donors (Lipinski definition) is 3. The van der Waals surface area contributed by atoms with Crippen molar-refractivity contribution < 1.29 is 9.59 Å². The highest BCUT2D eigenvalue weighted by Crippen LogP contribution is 2.28. The van der Waals surface area contributed by atoms with E-state index in [1.165, 1.54) is 0 Å². The number of nitrogens with two attached hydrogens (primary N) is 1. The molecule has 4 N–H and O–H groups in total. The molecule has 5 heteroatoms. The highest BCUT2D eigenvalue weighted by Gasteiger charge is 2.47. The molecule has 3 amide bonds. The molecule has 2 aliphatic rings. The molecule has 1 spiro atoms. The first-order valence-electron chi connectivity index (χ1n) is 5.02. The number of imide groups is 1. The molecule has 1 aliphatic heterocycles. The van der Waals surface area contributed by atoms with Crippen molar-refractivity contribution in [1.29, 1.82) is 0 Å². The van der Waals surface area contributed by atoms with E-state index in [9.17, 15) is 9.59 Å². The number of hydrogen-bond acceptors (Lipinski definition) is 3. The van der Waals surface area contributed by atoms with E-state index in [0.717, 1.165) is 19.3 Å². The second kappa shape index (κ2) is 3.24. The van der Waals surface area contributed by atoms with Gasteiger partial charge in [0.25, 0.3) is 5.91 Å². The lowest BCUT2D eigenvalue weighted by Gasteiger charge is -2.25. The Kier molecular flexibility index (Phi) is 2.19. The van der Waals surface area contributed by atoms with Crippen molar-refractivity contribution in [3.63, 3.8) is 0 Å². The summed E-state index contributed by atoms with van der Waals surface area (Å²) in [6.45, 7) is 0. The second-order valence-electron chi connectivity index (χ2n) is 4.20. The Morgan fingerprint density at radius 3 is 2.79 bits per heavy atom. The minimum atomic E-state index is -0.715. The molecule has 0 radical (unpaired) electrons. The molecule has 1 heterocycles. The normalized spacial score (nSPS) is 37.9. The fourth-order valence-electron chi connectivity index (χ4n) is 2.33. The maximum atomic E-state index is 11.6. The highest BCUT2D eigenvalue weighted by molar-refractivity contribution is 6.07. The monoisotopic (exact) mass is 197 g/mol. The highest BCUT2D eigenvalue weighted by atomic mass is 16.2. The van der Waals surface area contributed by atoms with Gasteiger partial charge >= 0.3 is 6.03 Å². The van der Waals surface area contributed by atoms with Gasteiger partial charge in [0.15, 0.2) is 0 Å². The molecule has 2 unspecified atom stereocenters. The van der Waals surface area contributed by atoms with Crippen molar-refractivity contribution in [2.24, 2.45) is 5.73 Å². The van der Waals surface area contributed by atoms with Crippen LogP contribution in [0.3, 0.4) is 0 Å². The molecule has 78 valence electrons. The van der Waals surface area contributed by atoms with Crippen LogP contribution in [-0.4, -0.2) is 23.5 Å². The molecular formula is C9H15N3O2. The summed E-state index contributed by atoms with van der Waals surface area (Å²) in [5.74, 6) is -0.208. The number of amides is 3. The predicted molar refractivity (Wildman–Crippen MR) is 50.5 cm³/mol. The van der Waals surface area contributed by atoms with Crippen LogP contribution in [0.1, 0.15) is 32.1 Å². The molecule has 2 rings (SSSR count). The van der Waals surface area contributed by atoms with Gasteiger partial charge in [0, 0.05) is 6.04 Å². The fraction of sp³-hybridized carbons (Fsp3) is 0.778. The van der Waals surface area contributed by atoms with E-state index in [-0.39, 0.29) is 18.0 Å². The van der Waals surface area contributed by atoms with Gasteiger partial charge in [-0.05, 0) is 19.3 Å².